The second-order valence-electron chi connectivity index (χ2n) is 7.15. The van der Waals surface area contributed by atoms with E-state index in [-0.39, 0.29) is 5.72 Å². The van der Waals surface area contributed by atoms with Gasteiger partial charge in [0.1, 0.15) is 5.72 Å². The average molecular weight is 223 g/mol. The Hall–Kier alpha value is -0.0800. The monoisotopic (exact) mass is 223 g/mol. The molecular weight excluding hydrogens is 198 g/mol. The Bertz CT molecular complexity index is 270. The predicted molar refractivity (Wildman–Crippen MR) is 65.2 cm³/mol. The van der Waals surface area contributed by atoms with Crippen molar-refractivity contribution in [2.45, 2.75) is 64.5 Å². The molecular formula is C14H25NO. The molecule has 0 bridgehead atoms. The quantitative estimate of drug-likeness (QED) is 0.681. The first-order valence-corrected chi connectivity index (χ1v) is 6.92. The maximum atomic E-state index is 6.25. The second kappa shape index (κ2) is 3.46. The van der Waals surface area contributed by atoms with Crippen molar-refractivity contribution in [2.24, 2.45) is 10.8 Å². The minimum Gasteiger partial charge on any atom is -0.360 e. The molecule has 1 saturated heterocycles. The van der Waals surface area contributed by atoms with Gasteiger partial charge in [0, 0.05) is 12.0 Å². The molecule has 3 aliphatic rings. The van der Waals surface area contributed by atoms with Gasteiger partial charge in [-0.15, -0.1) is 0 Å². The van der Waals surface area contributed by atoms with Gasteiger partial charge in [0.25, 0.3) is 0 Å². The van der Waals surface area contributed by atoms with Crippen LogP contribution in [0.25, 0.3) is 0 Å². The first kappa shape index (κ1) is 11.0. The SMILES string of the molecule is CC1(C)CCCC2(CC1)NCC1(CC1)CO2. The summed E-state index contributed by atoms with van der Waals surface area (Å²) in [4.78, 5) is 0. The van der Waals surface area contributed by atoms with Crippen LogP contribution in [0.1, 0.15) is 58.8 Å². The molecule has 0 radical (unpaired) electrons. The van der Waals surface area contributed by atoms with Crippen LogP contribution in [0, 0.1) is 10.8 Å². The van der Waals surface area contributed by atoms with Crippen molar-refractivity contribution in [3.63, 3.8) is 0 Å². The molecule has 2 heteroatoms. The van der Waals surface area contributed by atoms with Crippen molar-refractivity contribution in [2.75, 3.05) is 13.2 Å². The highest BCUT2D eigenvalue weighted by atomic mass is 16.5. The van der Waals surface area contributed by atoms with Crippen LogP contribution in [-0.4, -0.2) is 18.9 Å². The number of ether oxygens (including phenoxy) is 1. The summed E-state index contributed by atoms with van der Waals surface area (Å²) in [5, 5.41) is 3.74. The van der Waals surface area contributed by atoms with Gasteiger partial charge in [-0.3, -0.25) is 5.32 Å². The van der Waals surface area contributed by atoms with Crippen LogP contribution < -0.4 is 5.32 Å². The van der Waals surface area contributed by atoms with E-state index >= 15 is 0 Å². The van der Waals surface area contributed by atoms with Gasteiger partial charge in [-0.1, -0.05) is 13.8 Å². The number of hydrogen-bond donors (Lipinski definition) is 1. The molecule has 3 rings (SSSR count). The van der Waals surface area contributed by atoms with E-state index in [1.165, 1.54) is 51.5 Å². The molecule has 2 saturated carbocycles. The molecule has 3 fully saturated rings. The molecule has 2 spiro atoms. The summed E-state index contributed by atoms with van der Waals surface area (Å²) in [6.07, 6.45) is 9.14. The number of rotatable bonds is 0. The summed E-state index contributed by atoms with van der Waals surface area (Å²) in [6, 6.07) is 0. The lowest BCUT2D eigenvalue weighted by Crippen LogP contribution is -2.55. The molecule has 1 atom stereocenters. The molecule has 1 N–H and O–H groups in total. The highest BCUT2D eigenvalue weighted by Crippen LogP contribution is 2.50. The smallest absolute Gasteiger partial charge is 0.119 e. The molecule has 92 valence electrons. The molecule has 0 amide bonds. The van der Waals surface area contributed by atoms with Crippen molar-refractivity contribution < 1.29 is 4.74 Å². The molecule has 16 heavy (non-hydrogen) atoms. The molecule has 0 aromatic heterocycles. The van der Waals surface area contributed by atoms with Gasteiger partial charge in [-0.25, -0.2) is 0 Å². The summed E-state index contributed by atoms with van der Waals surface area (Å²) in [5.74, 6) is 0. The average Bonchev–Trinajstić information content (AvgIpc) is 3.00. The Balaban J connectivity index is 1.65. The lowest BCUT2D eigenvalue weighted by atomic mass is 9.85. The maximum absolute atomic E-state index is 6.25. The Kier molecular flexibility index (Phi) is 2.38. The zero-order chi connectivity index (χ0) is 11.3. The van der Waals surface area contributed by atoms with Crippen molar-refractivity contribution in [1.29, 1.82) is 0 Å². The van der Waals surface area contributed by atoms with Crippen LogP contribution in [0.3, 0.4) is 0 Å². The molecule has 1 unspecified atom stereocenters. The number of hydrogen-bond acceptors (Lipinski definition) is 2. The van der Waals surface area contributed by atoms with Crippen molar-refractivity contribution in [1.82, 2.24) is 5.32 Å². The van der Waals surface area contributed by atoms with E-state index in [1.54, 1.807) is 0 Å². The third-order valence-electron chi connectivity index (χ3n) is 5.04. The number of nitrogens with one attached hydrogen (secondary N) is 1. The summed E-state index contributed by atoms with van der Waals surface area (Å²) >= 11 is 0. The molecule has 1 aliphatic heterocycles. The molecule has 0 aromatic carbocycles. The van der Waals surface area contributed by atoms with Crippen molar-refractivity contribution in [3.8, 4) is 0 Å². The van der Waals surface area contributed by atoms with Crippen molar-refractivity contribution >= 4 is 0 Å². The molecule has 2 aliphatic carbocycles. The van der Waals surface area contributed by atoms with Gasteiger partial charge in [-0.05, 0) is 50.4 Å². The van der Waals surface area contributed by atoms with Gasteiger partial charge in [0.05, 0.1) is 6.61 Å². The van der Waals surface area contributed by atoms with Crippen LogP contribution in [-0.2, 0) is 4.74 Å². The van der Waals surface area contributed by atoms with Crippen LogP contribution in [0.2, 0.25) is 0 Å². The topological polar surface area (TPSA) is 21.3 Å². The largest absolute Gasteiger partial charge is 0.360 e. The van der Waals surface area contributed by atoms with E-state index in [2.05, 4.69) is 19.2 Å². The summed E-state index contributed by atoms with van der Waals surface area (Å²) in [6.45, 7) is 7.02. The summed E-state index contributed by atoms with van der Waals surface area (Å²) in [5.41, 5.74) is 1.11. The Labute approximate surface area is 99.1 Å². The first-order chi connectivity index (χ1) is 7.54. The standard InChI is InChI=1S/C14H25NO/c1-12(2)4-3-5-14(9-6-12)15-10-13(7-8-13)11-16-14/h15H,3-11H2,1-2H3. The van der Waals surface area contributed by atoms with Gasteiger partial charge in [-0.2, -0.15) is 0 Å². The zero-order valence-corrected chi connectivity index (χ0v) is 10.8. The lowest BCUT2D eigenvalue weighted by Gasteiger charge is -2.41. The van der Waals surface area contributed by atoms with E-state index in [9.17, 15) is 0 Å². The minimum atomic E-state index is 0.0433. The van der Waals surface area contributed by atoms with Crippen LogP contribution in [0.15, 0.2) is 0 Å². The molecule has 1 heterocycles. The fourth-order valence-electron chi connectivity index (χ4n) is 3.20. The fourth-order valence-corrected chi connectivity index (χ4v) is 3.20. The van der Waals surface area contributed by atoms with E-state index < -0.39 is 0 Å². The van der Waals surface area contributed by atoms with Gasteiger partial charge < -0.3 is 4.74 Å². The fraction of sp³-hybridized carbons (Fsp3) is 1.00. The predicted octanol–water partition coefficient (Wildman–Crippen LogP) is 3.07. The first-order valence-electron chi connectivity index (χ1n) is 6.92. The highest BCUT2D eigenvalue weighted by molar-refractivity contribution is 5.01. The maximum Gasteiger partial charge on any atom is 0.119 e. The van der Waals surface area contributed by atoms with Crippen LogP contribution >= 0.6 is 0 Å². The van der Waals surface area contributed by atoms with E-state index in [0.29, 0.717) is 10.8 Å². The molecule has 0 aromatic rings. The van der Waals surface area contributed by atoms with Gasteiger partial charge >= 0.3 is 0 Å². The third-order valence-corrected chi connectivity index (χ3v) is 5.04. The highest BCUT2D eigenvalue weighted by Gasteiger charge is 2.50. The van der Waals surface area contributed by atoms with E-state index in [0.717, 1.165) is 6.61 Å². The second-order valence-corrected chi connectivity index (χ2v) is 7.15. The van der Waals surface area contributed by atoms with Crippen LogP contribution in [0.4, 0.5) is 0 Å². The Morgan fingerprint density at radius 3 is 2.38 bits per heavy atom. The third kappa shape index (κ3) is 2.02. The van der Waals surface area contributed by atoms with E-state index in [1.807, 2.05) is 0 Å². The minimum absolute atomic E-state index is 0.0433. The summed E-state index contributed by atoms with van der Waals surface area (Å²) < 4.78 is 6.25. The Morgan fingerprint density at radius 2 is 1.75 bits per heavy atom. The van der Waals surface area contributed by atoms with Gasteiger partial charge in [0.2, 0.25) is 0 Å². The van der Waals surface area contributed by atoms with Crippen molar-refractivity contribution in [3.05, 3.63) is 0 Å². The zero-order valence-electron chi connectivity index (χ0n) is 10.8. The lowest BCUT2D eigenvalue weighted by molar-refractivity contribution is -0.131. The van der Waals surface area contributed by atoms with Gasteiger partial charge in [0.15, 0.2) is 0 Å². The van der Waals surface area contributed by atoms with E-state index in [4.69, 9.17) is 4.74 Å². The normalized spacial score (nSPS) is 40.9. The van der Waals surface area contributed by atoms with Crippen LogP contribution in [0.5, 0.6) is 0 Å². The molecule has 2 nitrogen and oxygen atoms in total. The Morgan fingerprint density at radius 1 is 0.938 bits per heavy atom. The summed E-state index contributed by atoms with van der Waals surface area (Å²) in [7, 11) is 0.